The second-order valence-corrected chi connectivity index (χ2v) is 5.16. The van der Waals surface area contributed by atoms with Crippen LogP contribution in [-0.4, -0.2) is 25.0 Å². The van der Waals surface area contributed by atoms with Crippen molar-refractivity contribution in [2.45, 2.75) is 13.5 Å². The second-order valence-electron chi connectivity index (χ2n) is 5.16. The molecule has 110 valence electrons. The maximum atomic E-state index is 12.1. The average molecular weight is 285 g/mol. The Morgan fingerprint density at radius 3 is 2.43 bits per heavy atom. The number of benzene rings is 1. The SMILES string of the molecule is Cc1cc(CNC(=O)c2ccc(N(C)C)cc2)cc(=O)[nH]1. The summed E-state index contributed by atoms with van der Waals surface area (Å²) in [4.78, 5) is 28.1. The first-order valence-corrected chi connectivity index (χ1v) is 6.71. The van der Waals surface area contributed by atoms with Crippen molar-refractivity contribution < 1.29 is 4.79 Å². The van der Waals surface area contributed by atoms with Crippen LogP contribution >= 0.6 is 0 Å². The highest BCUT2D eigenvalue weighted by Crippen LogP contribution is 2.12. The third-order valence-electron chi connectivity index (χ3n) is 3.14. The number of hydrogen-bond acceptors (Lipinski definition) is 3. The quantitative estimate of drug-likeness (QED) is 0.898. The molecule has 0 atom stereocenters. The summed E-state index contributed by atoms with van der Waals surface area (Å²) in [6.07, 6.45) is 0. The summed E-state index contributed by atoms with van der Waals surface area (Å²) in [6.45, 7) is 2.14. The van der Waals surface area contributed by atoms with Crippen molar-refractivity contribution in [3.63, 3.8) is 0 Å². The number of carbonyl (C=O) groups excluding carboxylic acids is 1. The van der Waals surface area contributed by atoms with Gasteiger partial charge >= 0.3 is 0 Å². The molecule has 0 spiro atoms. The van der Waals surface area contributed by atoms with E-state index in [1.807, 2.05) is 44.1 Å². The van der Waals surface area contributed by atoms with E-state index >= 15 is 0 Å². The molecule has 21 heavy (non-hydrogen) atoms. The van der Waals surface area contributed by atoms with Gasteiger partial charge in [0, 0.05) is 43.7 Å². The van der Waals surface area contributed by atoms with Gasteiger partial charge < -0.3 is 15.2 Å². The van der Waals surface area contributed by atoms with Crippen LogP contribution in [0.1, 0.15) is 21.6 Å². The lowest BCUT2D eigenvalue weighted by atomic mass is 10.1. The minimum Gasteiger partial charge on any atom is -0.378 e. The van der Waals surface area contributed by atoms with E-state index in [0.29, 0.717) is 12.1 Å². The monoisotopic (exact) mass is 285 g/mol. The van der Waals surface area contributed by atoms with Gasteiger partial charge in [-0.1, -0.05) is 0 Å². The van der Waals surface area contributed by atoms with Gasteiger partial charge in [-0.2, -0.15) is 0 Å². The minimum atomic E-state index is -0.158. The van der Waals surface area contributed by atoms with Crippen molar-refractivity contribution in [1.82, 2.24) is 10.3 Å². The number of aromatic nitrogens is 1. The molecule has 5 heteroatoms. The molecule has 2 aromatic rings. The van der Waals surface area contributed by atoms with E-state index < -0.39 is 0 Å². The Morgan fingerprint density at radius 2 is 1.86 bits per heavy atom. The van der Waals surface area contributed by atoms with Crippen LogP contribution in [0.2, 0.25) is 0 Å². The van der Waals surface area contributed by atoms with E-state index in [0.717, 1.165) is 16.9 Å². The number of pyridine rings is 1. The molecule has 1 amide bonds. The molecule has 5 nitrogen and oxygen atoms in total. The number of hydrogen-bond donors (Lipinski definition) is 2. The third kappa shape index (κ3) is 3.95. The van der Waals surface area contributed by atoms with E-state index in [1.54, 1.807) is 12.1 Å². The van der Waals surface area contributed by atoms with Crippen LogP contribution in [0, 0.1) is 6.92 Å². The van der Waals surface area contributed by atoms with Crippen molar-refractivity contribution >= 4 is 11.6 Å². The Labute approximate surface area is 123 Å². The highest BCUT2D eigenvalue weighted by molar-refractivity contribution is 5.94. The molecule has 0 aliphatic rings. The Kier molecular flexibility index (Phi) is 4.42. The van der Waals surface area contributed by atoms with Crippen LogP contribution in [0.3, 0.4) is 0 Å². The van der Waals surface area contributed by atoms with Crippen LogP contribution in [0.5, 0.6) is 0 Å². The predicted molar refractivity (Wildman–Crippen MR) is 83.7 cm³/mol. The first-order valence-electron chi connectivity index (χ1n) is 6.71. The largest absolute Gasteiger partial charge is 0.378 e. The average Bonchev–Trinajstić information content (AvgIpc) is 2.44. The lowest BCUT2D eigenvalue weighted by molar-refractivity contribution is 0.0951. The van der Waals surface area contributed by atoms with Crippen LogP contribution < -0.4 is 15.8 Å². The number of H-pyrrole nitrogens is 1. The molecule has 0 aliphatic carbocycles. The number of amides is 1. The number of aromatic amines is 1. The molecule has 0 saturated heterocycles. The molecule has 1 heterocycles. The van der Waals surface area contributed by atoms with Gasteiger partial charge in [0.15, 0.2) is 0 Å². The van der Waals surface area contributed by atoms with Gasteiger partial charge in [-0.25, -0.2) is 0 Å². The second kappa shape index (κ2) is 6.26. The molecule has 0 fully saturated rings. The van der Waals surface area contributed by atoms with Crippen LogP contribution in [0.4, 0.5) is 5.69 Å². The number of aryl methyl sites for hydroxylation is 1. The van der Waals surface area contributed by atoms with Crippen LogP contribution in [-0.2, 0) is 6.54 Å². The van der Waals surface area contributed by atoms with Gasteiger partial charge in [0.2, 0.25) is 5.56 Å². The van der Waals surface area contributed by atoms with Gasteiger partial charge in [0.05, 0.1) is 0 Å². The fraction of sp³-hybridized carbons (Fsp3) is 0.250. The normalized spacial score (nSPS) is 10.2. The first-order chi connectivity index (χ1) is 9.95. The zero-order valence-electron chi connectivity index (χ0n) is 12.4. The van der Waals surface area contributed by atoms with Gasteiger partial charge in [0.25, 0.3) is 5.91 Å². The van der Waals surface area contributed by atoms with E-state index in [2.05, 4.69) is 10.3 Å². The molecule has 0 radical (unpaired) electrons. The van der Waals surface area contributed by atoms with Crippen LogP contribution in [0.15, 0.2) is 41.2 Å². The summed E-state index contributed by atoms with van der Waals surface area (Å²) in [6, 6.07) is 10.7. The predicted octanol–water partition coefficient (Wildman–Crippen LogP) is 1.68. The van der Waals surface area contributed by atoms with Crippen molar-refractivity contribution in [2.75, 3.05) is 19.0 Å². The van der Waals surface area contributed by atoms with Crippen LogP contribution in [0.25, 0.3) is 0 Å². The highest BCUT2D eigenvalue weighted by atomic mass is 16.1. The molecule has 1 aromatic carbocycles. The molecule has 1 aromatic heterocycles. The number of nitrogens with one attached hydrogen (secondary N) is 2. The van der Waals surface area contributed by atoms with Crippen molar-refractivity contribution in [1.29, 1.82) is 0 Å². The number of rotatable bonds is 4. The summed E-state index contributed by atoms with van der Waals surface area (Å²) in [5.74, 6) is -0.154. The topological polar surface area (TPSA) is 65.2 Å². The Balaban J connectivity index is 2.02. The van der Waals surface area contributed by atoms with Crippen molar-refractivity contribution in [2.24, 2.45) is 0 Å². The molecule has 2 rings (SSSR count). The maximum Gasteiger partial charge on any atom is 0.251 e. The van der Waals surface area contributed by atoms with E-state index in [4.69, 9.17) is 0 Å². The molecule has 0 saturated carbocycles. The number of nitrogens with zero attached hydrogens (tertiary/aromatic N) is 1. The maximum absolute atomic E-state index is 12.1. The lowest BCUT2D eigenvalue weighted by Gasteiger charge is -2.12. The van der Waals surface area contributed by atoms with Gasteiger partial charge in [0.1, 0.15) is 0 Å². The van der Waals surface area contributed by atoms with Gasteiger partial charge in [-0.05, 0) is 42.8 Å². The number of anilines is 1. The summed E-state index contributed by atoms with van der Waals surface area (Å²) < 4.78 is 0. The Bertz CT molecular complexity index is 687. The summed E-state index contributed by atoms with van der Waals surface area (Å²) in [5.41, 5.74) is 3.05. The standard InChI is InChI=1S/C16H19N3O2/c1-11-8-12(9-15(20)18-11)10-17-16(21)13-4-6-14(7-5-13)19(2)3/h4-9H,10H2,1-3H3,(H,17,21)(H,18,20). The highest BCUT2D eigenvalue weighted by Gasteiger charge is 2.06. The fourth-order valence-corrected chi connectivity index (χ4v) is 2.05. The van der Waals surface area contributed by atoms with Crippen molar-refractivity contribution in [3.8, 4) is 0 Å². The lowest BCUT2D eigenvalue weighted by Crippen LogP contribution is -2.23. The molecule has 0 bridgehead atoms. The smallest absolute Gasteiger partial charge is 0.251 e. The molecular formula is C16H19N3O2. The number of carbonyl (C=O) groups is 1. The summed E-state index contributed by atoms with van der Waals surface area (Å²) >= 11 is 0. The summed E-state index contributed by atoms with van der Waals surface area (Å²) in [7, 11) is 3.90. The molecule has 2 N–H and O–H groups in total. The molecular weight excluding hydrogens is 266 g/mol. The third-order valence-corrected chi connectivity index (χ3v) is 3.14. The zero-order valence-corrected chi connectivity index (χ0v) is 12.4. The van der Waals surface area contributed by atoms with Gasteiger partial charge in [-0.3, -0.25) is 9.59 Å². The Morgan fingerprint density at radius 1 is 1.19 bits per heavy atom. The van der Waals surface area contributed by atoms with E-state index in [9.17, 15) is 9.59 Å². The fourth-order valence-electron chi connectivity index (χ4n) is 2.05. The first kappa shape index (κ1) is 14.8. The summed E-state index contributed by atoms with van der Waals surface area (Å²) in [5, 5.41) is 2.81. The van der Waals surface area contributed by atoms with E-state index in [1.165, 1.54) is 6.07 Å². The molecule has 0 aliphatic heterocycles. The molecule has 0 unspecified atom stereocenters. The Hall–Kier alpha value is -2.56. The van der Waals surface area contributed by atoms with E-state index in [-0.39, 0.29) is 11.5 Å². The van der Waals surface area contributed by atoms with Gasteiger partial charge in [-0.15, -0.1) is 0 Å². The van der Waals surface area contributed by atoms with Crippen molar-refractivity contribution in [3.05, 3.63) is 63.6 Å². The zero-order chi connectivity index (χ0) is 15.4. The minimum absolute atomic E-state index is 0.154.